The number of aromatic nitrogens is 4. The Morgan fingerprint density at radius 1 is 0.345 bits per heavy atom. The molecule has 268 valence electrons. The average molecular weight is 719 g/mol. The van der Waals surface area contributed by atoms with Crippen molar-refractivity contribution in [3.8, 4) is 61.8 Å². The van der Waals surface area contributed by atoms with Crippen LogP contribution in [0.4, 0.5) is 0 Å². The van der Waals surface area contributed by atoms with Crippen molar-refractivity contribution in [1.29, 1.82) is 0 Å². The van der Waals surface area contributed by atoms with Gasteiger partial charge in [-0.1, -0.05) is 66.2 Å². The van der Waals surface area contributed by atoms with E-state index in [2.05, 4.69) is 126 Å². The van der Waals surface area contributed by atoms with E-state index in [1.54, 1.807) is 21.3 Å². The van der Waals surface area contributed by atoms with Gasteiger partial charge in [-0.15, -0.1) is 0 Å². The molecule has 7 aromatic rings. The van der Waals surface area contributed by atoms with E-state index >= 15 is 0 Å². The average Bonchev–Trinajstić information content (AvgIpc) is 4.07. The van der Waals surface area contributed by atoms with Crippen LogP contribution >= 0.6 is 0 Å². The van der Waals surface area contributed by atoms with E-state index in [-0.39, 0.29) is 0 Å². The standard InChI is InChI=1S/C48H38N4O3/c1-29-5-7-30(8-6-29)45-37-21-23-39(49-37)46(31-9-15-34(53-2)16-10-31)41-25-27-43(51-41)48(33-13-19-36(55-4)20-14-33)44-28-26-42(52-44)47(40-24-22-38(45)50-40)32-11-17-35(54-3)18-12-32/h5-28,49,52H,1-4H3. The summed E-state index contributed by atoms with van der Waals surface area (Å²) >= 11 is 0. The summed E-state index contributed by atoms with van der Waals surface area (Å²) in [6.07, 6.45) is 8.43. The number of methoxy groups -OCH3 is 3. The molecule has 8 bridgehead atoms. The van der Waals surface area contributed by atoms with Gasteiger partial charge in [0.1, 0.15) is 17.2 Å². The molecule has 4 aromatic carbocycles. The van der Waals surface area contributed by atoms with Crippen LogP contribution in [0.2, 0.25) is 0 Å². The molecule has 7 nitrogen and oxygen atoms in total. The van der Waals surface area contributed by atoms with Gasteiger partial charge in [-0.3, -0.25) is 0 Å². The van der Waals surface area contributed by atoms with Gasteiger partial charge in [0.15, 0.2) is 0 Å². The molecular weight excluding hydrogens is 681 g/mol. The fourth-order valence-electron chi connectivity index (χ4n) is 7.41. The Kier molecular flexibility index (Phi) is 8.59. The van der Waals surface area contributed by atoms with E-state index in [1.165, 1.54) is 5.56 Å². The Hall–Kier alpha value is -7.12. The Balaban J connectivity index is 1.44. The van der Waals surface area contributed by atoms with Crippen molar-refractivity contribution in [2.75, 3.05) is 21.3 Å². The molecule has 2 aliphatic heterocycles. The van der Waals surface area contributed by atoms with E-state index in [0.29, 0.717) is 0 Å². The second kappa shape index (κ2) is 14.0. The maximum Gasteiger partial charge on any atom is 0.118 e. The van der Waals surface area contributed by atoms with E-state index in [4.69, 9.17) is 24.2 Å². The van der Waals surface area contributed by atoms with Gasteiger partial charge in [-0.05, 0) is 114 Å². The molecule has 0 saturated carbocycles. The Labute approximate surface area is 319 Å². The van der Waals surface area contributed by atoms with Gasteiger partial charge >= 0.3 is 0 Å². The maximum atomic E-state index is 5.53. The first-order valence-electron chi connectivity index (χ1n) is 18.2. The number of fused-ring (bicyclic) bond motifs is 8. The zero-order chi connectivity index (χ0) is 37.5. The highest BCUT2D eigenvalue weighted by Crippen LogP contribution is 2.39. The second-order valence-corrected chi connectivity index (χ2v) is 13.6. The van der Waals surface area contributed by atoms with Gasteiger partial charge in [-0.2, -0.15) is 0 Å². The van der Waals surface area contributed by atoms with E-state index < -0.39 is 0 Å². The van der Waals surface area contributed by atoms with Crippen LogP contribution in [-0.2, 0) is 0 Å². The topological polar surface area (TPSA) is 85.1 Å². The summed E-state index contributed by atoms with van der Waals surface area (Å²) in [5.41, 5.74) is 16.3. The minimum Gasteiger partial charge on any atom is -0.497 e. The van der Waals surface area contributed by atoms with Gasteiger partial charge in [0.2, 0.25) is 0 Å². The number of nitrogens with one attached hydrogen (secondary N) is 2. The van der Waals surface area contributed by atoms with Gasteiger partial charge in [0.25, 0.3) is 0 Å². The molecular formula is C48H38N4O3. The van der Waals surface area contributed by atoms with Crippen LogP contribution in [0, 0.1) is 6.92 Å². The quantitative estimate of drug-likeness (QED) is 0.171. The third-order valence-corrected chi connectivity index (χ3v) is 10.2. The van der Waals surface area contributed by atoms with E-state index in [1.807, 2.05) is 36.4 Å². The smallest absolute Gasteiger partial charge is 0.118 e. The fraction of sp³-hybridized carbons (Fsp3) is 0.0833. The summed E-state index contributed by atoms with van der Waals surface area (Å²) < 4.78 is 16.6. The first kappa shape index (κ1) is 33.7. The number of ether oxygens (including phenoxy) is 3. The number of H-pyrrole nitrogens is 2. The molecule has 0 radical (unpaired) electrons. The lowest BCUT2D eigenvalue weighted by Crippen LogP contribution is -1.90. The highest BCUT2D eigenvalue weighted by atomic mass is 16.5. The van der Waals surface area contributed by atoms with E-state index in [9.17, 15) is 0 Å². The first-order valence-corrected chi connectivity index (χ1v) is 18.2. The van der Waals surface area contributed by atoms with Crippen LogP contribution in [0.1, 0.15) is 28.3 Å². The molecule has 0 fully saturated rings. The summed E-state index contributed by atoms with van der Waals surface area (Å²) in [6, 6.07) is 41.6. The van der Waals surface area contributed by atoms with Gasteiger partial charge in [-0.25, -0.2) is 9.97 Å². The van der Waals surface area contributed by atoms with Crippen molar-refractivity contribution in [2.24, 2.45) is 0 Å². The highest BCUT2D eigenvalue weighted by Gasteiger charge is 2.19. The number of hydrogen-bond donors (Lipinski definition) is 2. The van der Waals surface area contributed by atoms with Crippen LogP contribution < -0.4 is 14.2 Å². The SMILES string of the molecule is COc1ccc(-c2c3nc(c(-c4ccc(OC)cc4)c4ccc([nH]4)c(-c4ccc(OC)cc4)c4nc(c(-c5ccc(C)cc5)c5ccc2[nH]5)C=C4)C=C3)cc1. The lowest BCUT2D eigenvalue weighted by molar-refractivity contribution is 0.415. The van der Waals surface area contributed by atoms with Gasteiger partial charge in [0.05, 0.1) is 44.1 Å². The normalized spacial score (nSPS) is 11.9. The number of hydrogen-bond acceptors (Lipinski definition) is 5. The molecule has 0 saturated heterocycles. The highest BCUT2D eigenvalue weighted by molar-refractivity contribution is 5.99. The van der Waals surface area contributed by atoms with Crippen molar-refractivity contribution in [3.63, 3.8) is 0 Å². The van der Waals surface area contributed by atoms with Crippen LogP contribution in [0.25, 0.3) is 90.9 Å². The minimum absolute atomic E-state index is 0.786. The van der Waals surface area contributed by atoms with E-state index in [0.717, 1.165) is 107 Å². The van der Waals surface area contributed by atoms with Crippen molar-refractivity contribution in [1.82, 2.24) is 19.9 Å². The van der Waals surface area contributed by atoms with Gasteiger partial charge < -0.3 is 24.2 Å². The number of nitrogens with zero attached hydrogens (tertiary/aromatic N) is 2. The van der Waals surface area contributed by atoms with Crippen molar-refractivity contribution in [2.45, 2.75) is 6.92 Å². The molecule has 5 heterocycles. The zero-order valence-corrected chi connectivity index (χ0v) is 31.0. The molecule has 0 spiro atoms. The summed E-state index contributed by atoms with van der Waals surface area (Å²) in [5.74, 6) is 2.36. The third-order valence-electron chi connectivity index (χ3n) is 10.2. The molecule has 3 aromatic heterocycles. The van der Waals surface area contributed by atoms with Crippen molar-refractivity contribution >= 4 is 46.4 Å². The number of rotatable bonds is 7. The summed E-state index contributed by atoms with van der Waals surface area (Å²) in [7, 11) is 5.05. The lowest BCUT2D eigenvalue weighted by Gasteiger charge is -2.08. The van der Waals surface area contributed by atoms with Crippen molar-refractivity contribution in [3.05, 3.63) is 150 Å². The molecule has 2 N–H and O–H groups in total. The molecule has 0 unspecified atom stereocenters. The number of benzene rings is 4. The summed E-state index contributed by atoms with van der Waals surface area (Å²) in [6.45, 7) is 2.11. The predicted octanol–water partition coefficient (Wildman–Crippen LogP) is 11.7. The fourth-order valence-corrected chi connectivity index (χ4v) is 7.41. The molecule has 55 heavy (non-hydrogen) atoms. The monoisotopic (exact) mass is 718 g/mol. The molecule has 2 aliphatic rings. The largest absolute Gasteiger partial charge is 0.497 e. The minimum atomic E-state index is 0.786. The zero-order valence-electron chi connectivity index (χ0n) is 31.0. The molecule has 0 amide bonds. The number of aryl methyl sites for hydroxylation is 1. The van der Waals surface area contributed by atoms with Crippen LogP contribution in [0.5, 0.6) is 17.2 Å². The van der Waals surface area contributed by atoms with Crippen LogP contribution in [-0.4, -0.2) is 41.3 Å². The number of aromatic amines is 2. The third kappa shape index (κ3) is 6.25. The summed E-state index contributed by atoms with van der Waals surface area (Å²) in [5, 5.41) is 0. The van der Waals surface area contributed by atoms with Crippen LogP contribution in [0.15, 0.2) is 121 Å². The van der Waals surface area contributed by atoms with Crippen LogP contribution in [0.3, 0.4) is 0 Å². The maximum absolute atomic E-state index is 5.53. The lowest BCUT2D eigenvalue weighted by atomic mass is 10.0. The Morgan fingerprint density at radius 2 is 0.600 bits per heavy atom. The molecule has 0 aliphatic carbocycles. The predicted molar refractivity (Wildman–Crippen MR) is 225 cm³/mol. The first-order chi connectivity index (χ1) is 27.0. The molecule has 9 rings (SSSR count). The Bertz CT molecular complexity index is 2750. The Morgan fingerprint density at radius 3 is 0.855 bits per heavy atom. The van der Waals surface area contributed by atoms with Gasteiger partial charge in [0, 0.05) is 44.3 Å². The second-order valence-electron chi connectivity index (χ2n) is 13.6. The molecule has 0 atom stereocenters. The summed E-state index contributed by atoms with van der Waals surface area (Å²) in [4.78, 5) is 18.4. The molecule has 7 heteroatoms. The van der Waals surface area contributed by atoms with Crippen molar-refractivity contribution < 1.29 is 14.2 Å².